The Morgan fingerprint density at radius 3 is 2.20 bits per heavy atom. The molecule has 2 saturated heterocycles. The molecule has 3 aromatic carbocycles. The molecule has 2 heterocycles. The predicted octanol–water partition coefficient (Wildman–Crippen LogP) is 7.04. The highest BCUT2D eigenvalue weighted by Gasteiger charge is 2.33. The van der Waals surface area contributed by atoms with Gasteiger partial charge in [0.25, 0.3) is 5.91 Å². The zero-order chi connectivity index (χ0) is 28.1. The first-order chi connectivity index (χ1) is 19.3. The molecule has 6 nitrogen and oxygen atoms in total. The number of nitrogens with one attached hydrogen (secondary N) is 2. The monoisotopic (exact) mass is 550 g/mol. The molecule has 0 atom stereocenters. The second-order valence-corrected chi connectivity index (χ2v) is 10.5. The van der Waals surface area contributed by atoms with Gasteiger partial charge < -0.3 is 20.4 Å². The van der Waals surface area contributed by atoms with E-state index in [9.17, 15) is 22.8 Å². The molecule has 2 N–H and O–H groups in total. The van der Waals surface area contributed by atoms with Crippen LogP contribution in [0.5, 0.6) is 0 Å². The molecule has 0 radical (unpaired) electrons. The molecule has 0 unspecified atom stereocenters. The summed E-state index contributed by atoms with van der Waals surface area (Å²) in [7, 11) is 0. The summed E-state index contributed by atoms with van der Waals surface area (Å²) in [5.41, 5.74) is 1.72. The number of urea groups is 1. The predicted molar refractivity (Wildman–Crippen MR) is 151 cm³/mol. The summed E-state index contributed by atoms with van der Waals surface area (Å²) in [6.07, 6.45) is 0.343. The Morgan fingerprint density at radius 2 is 1.50 bits per heavy atom. The fourth-order valence-corrected chi connectivity index (χ4v) is 5.60. The summed E-state index contributed by atoms with van der Waals surface area (Å²) in [4.78, 5) is 30.3. The van der Waals surface area contributed by atoms with Crippen LogP contribution in [0.25, 0.3) is 0 Å². The van der Waals surface area contributed by atoms with Crippen molar-refractivity contribution in [2.75, 3.05) is 41.7 Å². The maximum atomic E-state index is 13.5. The second-order valence-electron chi connectivity index (χ2n) is 10.5. The van der Waals surface area contributed by atoms with Crippen molar-refractivity contribution in [3.05, 3.63) is 89.5 Å². The van der Waals surface area contributed by atoms with Crippen molar-refractivity contribution in [2.24, 2.45) is 5.92 Å². The van der Waals surface area contributed by atoms with Gasteiger partial charge in [-0.2, -0.15) is 13.2 Å². The zero-order valence-corrected chi connectivity index (χ0v) is 22.2. The average molecular weight is 551 g/mol. The molecule has 3 aromatic rings. The number of alkyl halides is 3. The number of amides is 3. The third-order valence-corrected chi connectivity index (χ3v) is 7.68. The third-order valence-electron chi connectivity index (χ3n) is 7.68. The van der Waals surface area contributed by atoms with E-state index in [0.29, 0.717) is 30.3 Å². The van der Waals surface area contributed by atoms with Gasteiger partial charge in [-0.25, -0.2) is 4.79 Å². The first-order valence-corrected chi connectivity index (χ1v) is 13.7. The number of piperidine rings is 1. The van der Waals surface area contributed by atoms with E-state index in [2.05, 4.69) is 39.8 Å². The highest BCUT2D eigenvalue weighted by Crippen LogP contribution is 2.35. The van der Waals surface area contributed by atoms with Crippen molar-refractivity contribution in [1.29, 1.82) is 0 Å². The number of hydrogen-bond donors (Lipinski definition) is 2. The lowest BCUT2D eigenvalue weighted by Crippen LogP contribution is -2.36. The van der Waals surface area contributed by atoms with Crippen LogP contribution in [-0.4, -0.2) is 43.0 Å². The van der Waals surface area contributed by atoms with Crippen LogP contribution in [0.2, 0.25) is 0 Å². The first kappa shape index (κ1) is 27.6. The van der Waals surface area contributed by atoms with Crippen LogP contribution in [0.1, 0.15) is 47.2 Å². The first-order valence-electron chi connectivity index (χ1n) is 13.7. The quantitative estimate of drug-likeness (QED) is 0.346. The van der Waals surface area contributed by atoms with E-state index >= 15 is 0 Å². The van der Waals surface area contributed by atoms with E-state index in [1.807, 2.05) is 17.0 Å². The molecule has 2 aliphatic heterocycles. The Balaban J connectivity index is 1.31. The van der Waals surface area contributed by atoms with Crippen molar-refractivity contribution in [2.45, 2.75) is 38.3 Å². The second kappa shape index (κ2) is 12.0. The standard InChI is InChI=1S/C31H33F3N4O2/c32-31(33,34)26-10-4-5-11-27(26)36-30(40)35-24-12-13-28(25(21-24)29(39)38-16-6-7-17-38)37-18-14-23(15-19-37)20-22-8-2-1-3-9-22/h1-5,8-13,21,23H,6-7,14-20H2,(H2,35,36,40). The number of anilines is 3. The minimum atomic E-state index is -4.60. The van der Waals surface area contributed by atoms with Crippen LogP contribution in [-0.2, 0) is 12.6 Å². The lowest BCUT2D eigenvalue weighted by molar-refractivity contribution is -0.136. The number of carbonyl (C=O) groups is 2. The summed E-state index contributed by atoms with van der Waals surface area (Å²) in [6.45, 7) is 3.01. The van der Waals surface area contributed by atoms with Gasteiger partial charge in [0, 0.05) is 37.6 Å². The Morgan fingerprint density at radius 1 is 0.825 bits per heavy atom. The van der Waals surface area contributed by atoms with Gasteiger partial charge in [0.1, 0.15) is 0 Å². The van der Waals surface area contributed by atoms with E-state index in [1.54, 1.807) is 12.1 Å². The molecule has 0 aromatic heterocycles. The number of likely N-dealkylation sites (tertiary alicyclic amines) is 1. The molecule has 0 aliphatic carbocycles. The fraction of sp³-hybridized carbons (Fsp3) is 0.355. The largest absolute Gasteiger partial charge is 0.418 e. The van der Waals surface area contributed by atoms with Crippen molar-refractivity contribution >= 4 is 29.0 Å². The summed E-state index contributed by atoms with van der Waals surface area (Å²) < 4.78 is 40.1. The van der Waals surface area contributed by atoms with Crippen molar-refractivity contribution < 1.29 is 22.8 Å². The summed E-state index contributed by atoms with van der Waals surface area (Å²) in [5.74, 6) is 0.478. The molecule has 2 aliphatic rings. The van der Waals surface area contributed by atoms with Gasteiger partial charge in [0.15, 0.2) is 0 Å². The smallest absolute Gasteiger partial charge is 0.371 e. The number of nitrogens with zero attached hydrogens (tertiary/aromatic N) is 2. The Bertz CT molecular complexity index is 1330. The van der Waals surface area contributed by atoms with Gasteiger partial charge in [0.05, 0.1) is 16.8 Å². The molecule has 3 amide bonds. The van der Waals surface area contributed by atoms with Gasteiger partial charge in [-0.05, 0) is 73.9 Å². The van der Waals surface area contributed by atoms with Crippen LogP contribution < -0.4 is 15.5 Å². The van der Waals surface area contributed by atoms with Crippen molar-refractivity contribution in [3.63, 3.8) is 0 Å². The zero-order valence-electron chi connectivity index (χ0n) is 22.2. The minimum Gasteiger partial charge on any atom is -0.371 e. The Hall–Kier alpha value is -4.01. The molecule has 2 fully saturated rings. The molecule has 210 valence electrons. The van der Waals surface area contributed by atoms with Crippen LogP contribution in [0.3, 0.4) is 0 Å². The third kappa shape index (κ3) is 6.58. The van der Waals surface area contributed by atoms with Gasteiger partial charge in [-0.1, -0.05) is 42.5 Å². The van der Waals surface area contributed by atoms with Gasteiger partial charge >= 0.3 is 12.2 Å². The van der Waals surface area contributed by atoms with Crippen LogP contribution >= 0.6 is 0 Å². The summed E-state index contributed by atoms with van der Waals surface area (Å²) in [6, 6.07) is 19.6. The SMILES string of the molecule is O=C(Nc1ccc(N2CCC(Cc3ccccc3)CC2)c(C(=O)N2CCCC2)c1)Nc1ccccc1C(F)(F)F. The van der Waals surface area contributed by atoms with Gasteiger partial charge in [0.2, 0.25) is 0 Å². The van der Waals surface area contributed by atoms with Crippen molar-refractivity contribution in [3.8, 4) is 0 Å². The molecule has 5 rings (SSSR count). The number of benzene rings is 3. The highest BCUT2D eigenvalue weighted by atomic mass is 19.4. The molecule has 9 heteroatoms. The molecule has 40 heavy (non-hydrogen) atoms. The van der Waals surface area contributed by atoms with E-state index in [0.717, 1.165) is 56.9 Å². The minimum absolute atomic E-state index is 0.0922. The number of halogens is 3. The number of hydrogen-bond acceptors (Lipinski definition) is 3. The van der Waals surface area contributed by atoms with Crippen LogP contribution in [0, 0.1) is 5.92 Å². The molecule has 0 bridgehead atoms. The Kier molecular flexibility index (Phi) is 8.28. The summed E-state index contributed by atoms with van der Waals surface area (Å²) >= 11 is 0. The van der Waals surface area contributed by atoms with E-state index in [4.69, 9.17) is 0 Å². The molecular weight excluding hydrogens is 517 g/mol. The van der Waals surface area contributed by atoms with E-state index in [-0.39, 0.29) is 11.6 Å². The average Bonchev–Trinajstić information content (AvgIpc) is 3.49. The number of para-hydroxylation sites is 1. The summed E-state index contributed by atoms with van der Waals surface area (Å²) in [5, 5.41) is 4.91. The lowest BCUT2D eigenvalue weighted by Gasteiger charge is -2.35. The molecule has 0 spiro atoms. The molecule has 0 saturated carbocycles. The van der Waals surface area contributed by atoms with Gasteiger partial charge in [-0.15, -0.1) is 0 Å². The van der Waals surface area contributed by atoms with Crippen molar-refractivity contribution in [1.82, 2.24) is 4.90 Å². The Labute approximate surface area is 232 Å². The molecular formula is C31H33F3N4O2. The number of rotatable bonds is 6. The highest BCUT2D eigenvalue weighted by molar-refractivity contribution is 6.04. The number of carbonyl (C=O) groups excluding carboxylic acids is 2. The lowest BCUT2D eigenvalue weighted by atomic mass is 9.89. The van der Waals surface area contributed by atoms with Gasteiger partial charge in [-0.3, -0.25) is 4.79 Å². The van der Waals surface area contributed by atoms with E-state index in [1.165, 1.54) is 23.8 Å². The maximum Gasteiger partial charge on any atom is 0.418 e. The fourth-order valence-electron chi connectivity index (χ4n) is 5.60. The normalized spacial score (nSPS) is 16.2. The van der Waals surface area contributed by atoms with Crippen LogP contribution in [0.4, 0.5) is 35.0 Å². The van der Waals surface area contributed by atoms with Crippen LogP contribution in [0.15, 0.2) is 72.8 Å². The van der Waals surface area contributed by atoms with E-state index < -0.39 is 17.8 Å². The maximum absolute atomic E-state index is 13.5. The topological polar surface area (TPSA) is 64.7 Å².